The fourth-order valence-corrected chi connectivity index (χ4v) is 2.09. The van der Waals surface area contributed by atoms with Crippen molar-refractivity contribution in [3.8, 4) is 5.75 Å². The highest BCUT2D eigenvalue weighted by Crippen LogP contribution is 2.36. The molecule has 2 heterocycles. The van der Waals surface area contributed by atoms with Gasteiger partial charge in [-0.3, -0.25) is 0 Å². The summed E-state index contributed by atoms with van der Waals surface area (Å²) in [4.78, 5) is 4.43. The van der Waals surface area contributed by atoms with Crippen molar-refractivity contribution in [3.05, 3.63) is 18.2 Å². The minimum atomic E-state index is -0.585. The Balaban J connectivity index is 1.96. The highest BCUT2D eigenvalue weighted by Gasteiger charge is 2.53. The van der Waals surface area contributed by atoms with Crippen LogP contribution in [0.4, 0.5) is 0 Å². The Labute approximate surface area is 118 Å². The molecule has 1 saturated heterocycles. The Morgan fingerprint density at radius 3 is 2.35 bits per heavy atom. The van der Waals surface area contributed by atoms with E-state index in [9.17, 15) is 0 Å². The lowest BCUT2D eigenvalue weighted by Crippen LogP contribution is -2.41. The van der Waals surface area contributed by atoms with Gasteiger partial charge in [-0.15, -0.1) is 0 Å². The maximum atomic E-state index is 5.93. The number of benzene rings is 1. The van der Waals surface area contributed by atoms with Crippen LogP contribution >= 0.6 is 0 Å². The zero-order chi connectivity index (χ0) is 14.5. The summed E-state index contributed by atoms with van der Waals surface area (Å²) < 4.78 is 22.8. The second-order valence-electron chi connectivity index (χ2n) is 5.97. The quantitative estimate of drug-likeness (QED) is 0.786. The number of rotatable bonds is 2. The minimum absolute atomic E-state index is 0.407. The Kier molecular flexibility index (Phi) is 2.85. The van der Waals surface area contributed by atoms with Crippen LogP contribution in [0, 0.1) is 0 Å². The summed E-state index contributed by atoms with van der Waals surface area (Å²) in [6.07, 6.45) is 0. The summed E-state index contributed by atoms with van der Waals surface area (Å²) in [5, 5.41) is 0. The number of ether oxygens (including phenoxy) is 1. The van der Waals surface area contributed by atoms with Crippen LogP contribution in [0.1, 0.15) is 27.7 Å². The number of oxazole rings is 1. The van der Waals surface area contributed by atoms with Crippen LogP contribution in [0.5, 0.6) is 5.75 Å². The zero-order valence-corrected chi connectivity index (χ0v) is 12.4. The van der Waals surface area contributed by atoms with Crippen molar-refractivity contribution in [1.29, 1.82) is 0 Å². The van der Waals surface area contributed by atoms with Gasteiger partial charge in [0.15, 0.2) is 5.58 Å². The molecule has 1 aromatic heterocycles. The molecule has 1 aromatic carbocycles. The number of aromatic nitrogens is 1. The van der Waals surface area contributed by atoms with E-state index in [1.807, 2.05) is 39.8 Å². The van der Waals surface area contributed by atoms with E-state index >= 15 is 0 Å². The number of fused-ring (bicyclic) bond motifs is 1. The number of hydrogen-bond acceptors (Lipinski definition) is 5. The van der Waals surface area contributed by atoms with Crippen molar-refractivity contribution >= 4 is 24.0 Å². The first-order valence-electron chi connectivity index (χ1n) is 6.62. The molecule has 3 rings (SSSR count). The predicted octanol–water partition coefficient (Wildman–Crippen LogP) is 2.14. The lowest BCUT2D eigenvalue weighted by atomic mass is 9.90. The molecule has 0 spiro atoms. The third-order valence-corrected chi connectivity index (χ3v) is 4.07. The molecule has 0 saturated carbocycles. The van der Waals surface area contributed by atoms with Gasteiger partial charge in [-0.2, -0.15) is 0 Å². The summed E-state index contributed by atoms with van der Waals surface area (Å²) in [5.74, 6) is 1.17. The van der Waals surface area contributed by atoms with Crippen LogP contribution in [0.15, 0.2) is 22.6 Å². The molecule has 2 aromatic rings. The first-order valence-corrected chi connectivity index (χ1v) is 6.62. The van der Waals surface area contributed by atoms with E-state index in [1.165, 1.54) is 0 Å². The molecule has 1 aliphatic rings. The molecule has 106 valence electrons. The van der Waals surface area contributed by atoms with Gasteiger partial charge >= 0.3 is 7.12 Å². The van der Waals surface area contributed by atoms with Crippen molar-refractivity contribution in [1.82, 2.24) is 4.98 Å². The van der Waals surface area contributed by atoms with Gasteiger partial charge in [0, 0.05) is 6.07 Å². The lowest BCUT2D eigenvalue weighted by molar-refractivity contribution is 0.00578. The Bertz CT molecular complexity index is 634. The van der Waals surface area contributed by atoms with Crippen molar-refractivity contribution in [2.75, 3.05) is 7.11 Å². The Morgan fingerprint density at radius 2 is 1.75 bits per heavy atom. The van der Waals surface area contributed by atoms with Gasteiger partial charge in [-0.25, -0.2) is 4.98 Å². The molecule has 0 atom stereocenters. The third kappa shape index (κ3) is 1.99. The molecule has 0 unspecified atom stereocenters. The third-order valence-electron chi connectivity index (χ3n) is 4.07. The van der Waals surface area contributed by atoms with Gasteiger partial charge in [-0.1, -0.05) is 0 Å². The van der Waals surface area contributed by atoms with Gasteiger partial charge < -0.3 is 18.5 Å². The molecule has 0 bridgehead atoms. The highest BCUT2D eigenvalue weighted by molar-refractivity contribution is 6.59. The molecule has 1 fully saturated rings. The van der Waals surface area contributed by atoms with Crippen LogP contribution in [-0.2, 0) is 9.31 Å². The molecule has 0 amide bonds. The van der Waals surface area contributed by atoms with E-state index < -0.39 is 18.3 Å². The van der Waals surface area contributed by atoms with Gasteiger partial charge in [0.2, 0.25) is 5.79 Å². The first-order chi connectivity index (χ1) is 9.32. The SMILES string of the molecule is COc1ccc2nc(B3OC(C)(C)C(C)(C)O3)oc2c1. The van der Waals surface area contributed by atoms with Crippen LogP contribution in [0.3, 0.4) is 0 Å². The van der Waals surface area contributed by atoms with Crippen molar-refractivity contribution in [3.63, 3.8) is 0 Å². The number of nitrogens with zero attached hydrogens (tertiary/aromatic N) is 1. The Morgan fingerprint density at radius 1 is 1.10 bits per heavy atom. The van der Waals surface area contributed by atoms with Gasteiger partial charge in [0.05, 0.1) is 18.3 Å². The van der Waals surface area contributed by atoms with Crippen LogP contribution in [0.2, 0.25) is 0 Å². The van der Waals surface area contributed by atoms with E-state index in [-0.39, 0.29) is 0 Å². The second kappa shape index (κ2) is 4.23. The predicted molar refractivity (Wildman–Crippen MR) is 76.3 cm³/mol. The largest absolute Gasteiger partial charge is 0.554 e. The Hall–Kier alpha value is -1.53. The highest BCUT2D eigenvalue weighted by atomic mass is 16.7. The number of hydrogen-bond donors (Lipinski definition) is 0. The molecule has 20 heavy (non-hydrogen) atoms. The topological polar surface area (TPSA) is 53.7 Å². The van der Waals surface area contributed by atoms with E-state index in [0.717, 1.165) is 11.3 Å². The summed E-state index contributed by atoms with van der Waals surface area (Å²) in [7, 11) is 1.03. The van der Waals surface area contributed by atoms with E-state index in [4.69, 9.17) is 18.5 Å². The van der Waals surface area contributed by atoms with Crippen molar-refractivity contribution < 1.29 is 18.5 Å². The average molecular weight is 275 g/mol. The normalized spacial score (nSPS) is 20.6. The summed E-state index contributed by atoms with van der Waals surface area (Å²) >= 11 is 0. The second-order valence-corrected chi connectivity index (χ2v) is 5.97. The fraction of sp³-hybridized carbons (Fsp3) is 0.500. The average Bonchev–Trinajstić information content (AvgIpc) is 2.87. The maximum Gasteiger partial charge on any atom is 0.554 e. The number of methoxy groups -OCH3 is 1. The van der Waals surface area contributed by atoms with Crippen molar-refractivity contribution in [2.24, 2.45) is 0 Å². The van der Waals surface area contributed by atoms with E-state index in [2.05, 4.69) is 4.98 Å². The molecule has 0 N–H and O–H groups in total. The smallest absolute Gasteiger partial charge is 0.497 e. The maximum absolute atomic E-state index is 5.93. The van der Waals surface area contributed by atoms with E-state index in [0.29, 0.717) is 11.4 Å². The monoisotopic (exact) mass is 275 g/mol. The van der Waals surface area contributed by atoms with Crippen molar-refractivity contribution in [2.45, 2.75) is 38.9 Å². The summed E-state index contributed by atoms with van der Waals surface area (Å²) in [6, 6.07) is 5.50. The summed E-state index contributed by atoms with van der Waals surface area (Å²) in [5.41, 5.74) is 0.607. The van der Waals surface area contributed by atoms with E-state index in [1.54, 1.807) is 13.2 Å². The zero-order valence-electron chi connectivity index (χ0n) is 12.4. The van der Waals surface area contributed by atoms with Gasteiger partial charge in [0.25, 0.3) is 0 Å². The molecule has 5 nitrogen and oxygen atoms in total. The van der Waals surface area contributed by atoms with Crippen LogP contribution < -0.4 is 10.5 Å². The fourth-order valence-electron chi connectivity index (χ4n) is 2.09. The summed E-state index contributed by atoms with van der Waals surface area (Å²) in [6.45, 7) is 7.99. The first kappa shape index (κ1) is 13.5. The molecule has 1 aliphatic heterocycles. The minimum Gasteiger partial charge on any atom is -0.497 e. The van der Waals surface area contributed by atoms with Crippen LogP contribution in [0.25, 0.3) is 11.1 Å². The molecular formula is C14H18BNO4. The standard InChI is InChI=1S/C14H18BNO4/c1-13(2)14(3,4)20-15(19-13)12-16-10-7-6-9(17-5)8-11(10)18-12/h6-8H,1-5H3. The molecule has 0 radical (unpaired) electrons. The van der Waals surface area contributed by atoms with Gasteiger partial charge in [-0.05, 0) is 39.8 Å². The van der Waals surface area contributed by atoms with Gasteiger partial charge in [0.1, 0.15) is 11.3 Å². The molecular weight excluding hydrogens is 257 g/mol. The molecule has 6 heteroatoms. The van der Waals surface area contributed by atoms with Crippen LogP contribution in [-0.4, -0.2) is 30.4 Å². The lowest BCUT2D eigenvalue weighted by Gasteiger charge is -2.32. The molecule has 0 aliphatic carbocycles.